The molecular weight excluding hydrogens is 168 g/mol. The minimum Gasteiger partial charge on any atom is -0.380 e. The molecule has 0 aliphatic heterocycles. The predicted molar refractivity (Wildman–Crippen MR) is 52.4 cm³/mol. The topological polar surface area (TPSA) is 64.3 Å². The van der Waals surface area contributed by atoms with Gasteiger partial charge in [0.25, 0.3) is 0 Å². The van der Waals surface area contributed by atoms with Crippen molar-refractivity contribution in [3.63, 3.8) is 0 Å². The van der Waals surface area contributed by atoms with Crippen LogP contribution in [0.2, 0.25) is 0 Å². The van der Waals surface area contributed by atoms with Crippen LogP contribution in [0, 0.1) is 0 Å². The Labute approximate surface area is 79.8 Å². The molecule has 0 saturated heterocycles. The van der Waals surface area contributed by atoms with Gasteiger partial charge in [0.15, 0.2) is 0 Å². The van der Waals surface area contributed by atoms with Gasteiger partial charge in [-0.25, -0.2) is 0 Å². The molecule has 0 spiro atoms. The fourth-order valence-electron chi connectivity index (χ4n) is 0.831. The molecule has 0 aliphatic rings. The summed E-state index contributed by atoms with van der Waals surface area (Å²) in [5.41, 5.74) is 5.21. The molecule has 0 atom stereocenters. The number of carbonyl (C=O) groups excluding carboxylic acids is 1. The molecule has 0 bridgehead atoms. The van der Waals surface area contributed by atoms with Gasteiger partial charge in [-0.2, -0.15) is 0 Å². The first-order valence-electron chi connectivity index (χ1n) is 4.85. The lowest BCUT2D eigenvalue weighted by Gasteiger charge is -2.04. The van der Waals surface area contributed by atoms with Gasteiger partial charge in [-0.1, -0.05) is 13.3 Å². The lowest BCUT2D eigenvalue weighted by Crippen LogP contribution is -2.28. The molecule has 0 aromatic carbocycles. The first kappa shape index (κ1) is 12.4. The molecule has 0 saturated carbocycles. The second kappa shape index (κ2) is 9.48. The molecule has 0 aromatic heterocycles. The number of amides is 1. The Balaban J connectivity index is 3.02. The fraction of sp³-hybridized carbons (Fsp3) is 0.889. The zero-order valence-electron chi connectivity index (χ0n) is 8.34. The smallest absolute Gasteiger partial charge is 0.221 e. The van der Waals surface area contributed by atoms with Gasteiger partial charge < -0.3 is 15.8 Å². The minimum absolute atomic E-state index is 0.00147. The summed E-state index contributed by atoms with van der Waals surface area (Å²) in [5, 5.41) is 2.72. The number of carbonyl (C=O) groups is 1. The molecule has 1 amide bonds. The maximum Gasteiger partial charge on any atom is 0.221 e. The third kappa shape index (κ3) is 9.30. The molecule has 13 heavy (non-hydrogen) atoms. The van der Waals surface area contributed by atoms with Crippen LogP contribution in [0.15, 0.2) is 0 Å². The lowest BCUT2D eigenvalue weighted by atomic mass is 10.4. The summed E-state index contributed by atoms with van der Waals surface area (Å²) in [5.74, 6) is 0.00147. The van der Waals surface area contributed by atoms with E-state index >= 15 is 0 Å². The molecule has 78 valence electrons. The highest BCUT2D eigenvalue weighted by atomic mass is 16.5. The zero-order valence-corrected chi connectivity index (χ0v) is 8.34. The minimum atomic E-state index is 0.00147. The second-order valence-corrected chi connectivity index (χ2v) is 2.85. The van der Waals surface area contributed by atoms with Crippen molar-refractivity contribution in [1.29, 1.82) is 0 Å². The summed E-state index contributed by atoms with van der Waals surface area (Å²) >= 11 is 0. The Bertz CT molecular complexity index is 129. The monoisotopic (exact) mass is 188 g/mol. The van der Waals surface area contributed by atoms with Gasteiger partial charge in [-0.15, -0.1) is 0 Å². The quantitative estimate of drug-likeness (QED) is 0.537. The second-order valence-electron chi connectivity index (χ2n) is 2.85. The number of hydrogen-bond acceptors (Lipinski definition) is 3. The summed E-state index contributed by atoms with van der Waals surface area (Å²) in [6.07, 6.45) is 2.62. The van der Waals surface area contributed by atoms with E-state index in [1.165, 1.54) is 0 Å². The van der Waals surface area contributed by atoms with Gasteiger partial charge in [-0.05, 0) is 6.42 Å². The molecule has 0 aliphatic carbocycles. The van der Waals surface area contributed by atoms with Crippen molar-refractivity contribution in [2.24, 2.45) is 5.73 Å². The number of hydrogen-bond donors (Lipinski definition) is 2. The Hall–Kier alpha value is -0.610. The van der Waals surface area contributed by atoms with E-state index in [4.69, 9.17) is 10.5 Å². The van der Waals surface area contributed by atoms with E-state index in [9.17, 15) is 4.79 Å². The summed E-state index contributed by atoms with van der Waals surface area (Å²) in [4.78, 5) is 10.9. The molecular formula is C9H20N2O2. The van der Waals surface area contributed by atoms with Crippen molar-refractivity contribution in [3.05, 3.63) is 0 Å². The average Bonchev–Trinajstić information content (AvgIpc) is 2.11. The molecule has 0 unspecified atom stereocenters. The molecule has 4 heteroatoms. The fourth-order valence-corrected chi connectivity index (χ4v) is 0.831. The zero-order chi connectivity index (χ0) is 9.94. The van der Waals surface area contributed by atoms with Gasteiger partial charge in [-0.3, -0.25) is 4.79 Å². The van der Waals surface area contributed by atoms with Gasteiger partial charge in [0, 0.05) is 26.1 Å². The normalized spacial score (nSPS) is 10.0. The standard InChI is InChI=1S/C9H20N2O2/c1-2-3-7-13-8-6-11-9(12)4-5-10/h2-8,10H2,1H3,(H,11,12). The summed E-state index contributed by atoms with van der Waals surface area (Å²) < 4.78 is 5.26. The Kier molecular flexibility index (Phi) is 9.03. The van der Waals surface area contributed by atoms with E-state index in [0.717, 1.165) is 19.4 Å². The van der Waals surface area contributed by atoms with E-state index < -0.39 is 0 Å². The van der Waals surface area contributed by atoms with Crippen LogP contribution in [0.1, 0.15) is 26.2 Å². The largest absolute Gasteiger partial charge is 0.380 e. The number of unbranched alkanes of at least 4 members (excludes halogenated alkanes) is 1. The Morgan fingerprint density at radius 2 is 2.23 bits per heavy atom. The summed E-state index contributed by atoms with van der Waals surface area (Å²) in [7, 11) is 0. The van der Waals surface area contributed by atoms with E-state index in [1.54, 1.807) is 0 Å². The van der Waals surface area contributed by atoms with Crippen LogP contribution in [0.3, 0.4) is 0 Å². The molecule has 0 fully saturated rings. The van der Waals surface area contributed by atoms with E-state index in [2.05, 4.69) is 12.2 Å². The highest BCUT2D eigenvalue weighted by Gasteiger charge is 1.96. The van der Waals surface area contributed by atoms with Gasteiger partial charge in [0.2, 0.25) is 5.91 Å². The maximum atomic E-state index is 10.9. The average molecular weight is 188 g/mol. The van der Waals surface area contributed by atoms with Crippen LogP contribution in [0.25, 0.3) is 0 Å². The van der Waals surface area contributed by atoms with Crippen molar-refractivity contribution in [2.75, 3.05) is 26.3 Å². The maximum absolute atomic E-state index is 10.9. The van der Waals surface area contributed by atoms with Crippen LogP contribution in [0.4, 0.5) is 0 Å². The van der Waals surface area contributed by atoms with Crippen LogP contribution < -0.4 is 11.1 Å². The Morgan fingerprint density at radius 1 is 1.46 bits per heavy atom. The third-order valence-electron chi connectivity index (χ3n) is 1.58. The van der Waals surface area contributed by atoms with Crippen molar-refractivity contribution in [3.8, 4) is 0 Å². The molecule has 0 rings (SSSR count). The highest BCUT2D eigenvalue weighted by Crippen LogP contribution is 1.86. The van der Waals surface area contributed by atoms with E-state index in [1.807, 2.05) is 0 Å². The van der Waals surface area contributed by atoms with Crippen molar-refractivity contribution >= 4 is 5.91 Å². The van der Waals surface area contributed by atoms with Crippen molar-refractivity contribution in [1.82, 2.24) is 5.32 Å². The molecule has 0 heterocycles. The predicted octanol–water partition coefficient (Wildman–Crippen LogP) is 0.268. The number of nitrogens with one attached hydrogen (secondary N) is 1. The number of nitrogens with two attached hydrogens (primary N) is 1. The van der Waals surface area contributed by atoms with Crippen LogP contribution >= 0.6 is 0 Å². The van der Waals surface area contributed by atoms with Gasteiger partial charge in [0.05, 0.1) is 6.61 Å². The SMILES string of the molecule is CCCCOCCNC(=O)CCN. The Morgan fingerprint density at radius 3 is 2.85 bits per heavy atom. The van der Waals surface area contributed by atoms with Crippen LogP contribution in [0.5, 0.6) is 0 Å². The van der Waals surface area contributed by atoms with Crippen molar-refractivity contribution in [2.45, 2.75) is 26.2 Å². The molecule has 0 radical (unpaired) electrons. The van der Waals surface area contributed by atoms with E-state index in [-0.39, 0.29) is 5.91 Å². The lowest BCUT2D eigenvalue weighted by molar-refractivity contribution is -0.121. The summed E-state index contributed by atoms with van der Waals surface area (Å²) in [6, 6.07) is 0. The first-order chi connectivity index (χ1) is 6.31. The molecule has 3 N–H and O–H groups in total. The molecule has 0 aromatic rings. The molecule has 4 nitrogen and oxygen atoms in total. The highest BCUT2D eigenvalue weighted by molar-refractivity contribution is 5.75. The van der Waals surface area contributed by atoms with Gasteiger partial charge >= 0.3 is 0 Å². The van der Waals surface area contributed by atoms with Gasteiger partial charge in [0.1, 0.15) is 0 Å². The number of ether oxygens (including phenoxy) is 1. The van der Waals surface area contributed by atoms with E-state index in [0.29, 0.717) is 26.1 Å². The van der Waals surface area contributed by atoms with Crippen LogP contribution in [-0.2, 0) is 9.53 Å². The summed E-state index contributed by atoms with van der Waals surface area (Å²) in [6.45, 7) is 4.48. The third-order valence-corrected chi connectivity index (χ3v) is 1.58. The first-order valence-corrected chi connectivity index (χ1v) is 4.85. The number of rotatable bonds is 8. The van der Waals surface area contributed by atoms with Crippen LogP contribution in [-0.4, -0.2) is 32.2 Å². The van der Waals surface area contributed by atoms with Crippen molar-refractivity contribution < 1.29 is 9.53 Å².